The van der Waals surface area contributed by atoms with Gasteiger partial charge >= 0.3 is 0 Å². The van der Waals surface area contributed by atoms with Gasteiger partial charge in [-0.3, -0.25) is 0 Å². The van der Waals surface area contributed by atoms with E-state index in [0.29, 0.717) is 0 Å². The Labute approximate surface area is 208 Å². The SMILES string of the molecule is Cc1ccc(N(c2ccc(C)cc2)c2cc3c(c4ccccc24)-c2ccc(C)cc2C3(C)C)cc1. The summed E-state index contributed by atoms with van der Waals surface area (Å²) < 4.78 is 0. The molecule has 0 amide bonds. The Hall–Kier alpha value is -3.84. The van der Waals surface area contributed by atoms with Gasteiger partial charge in [0, 0.05) is 22.2 Å². The van der Waals surface area contributed by atoms with Crippen molar-refractivity contribution in [3.63, 3.8) is 0 Å². The summed E-state index contributed by atoms with van der Waals surface area (Å²) in [5.41, 5.74) is 12.9. The Morgan fingerprint density at radius 1 is 0.543 bits per heavy atom. The first-order chi connectivity index (χ1) is 16.8. The maximum absolute atomic E-state index is 2.45. The van der Waals surface area contributed by atoms with Crippen molar-refractivity contribution in [3.8, 4) is 11.1 Å². The molecule has 0 saturated heterocycles. The third-order valence-corrected chi connectivity index (χ3v) is 7.64. The predicted molar refractivity (Wildman–Crippen MR) is 150 cm³/mol. The molecule has 0 unspecified atom stereocenters. The molecular formula is C34H31N. The van der Waals surface area contributed by atoms with Gasteiger partial charge in [-0.2, -0.15) is 0 Å². The van der Waals surface area contributed by atoms with Crippen LogP contribution in [0.5, 0.6) is 0 Å². The average molecular weight is 454 g/mol. The van der Waals surface area contributed by atoms with Crippen molar-refractivity contribution in [2.45, 2.75) is 40.0 Å². The standard InChI is InChI=1S/C34H31N/c1-22-10-15-25(16-11-22)35(26-17-12-23(2)13-18-26)32-21-31-33(28-9-7-6-8-27(28)32)29-19-14-24(3)20-30(29)34(31,4)5/h6-21H,1-5H3. The Kier molecular flexibility index (Phi) is 4.86. The molecule has 0 aliphatic heterocycles. The lowest BCUT2D eigenvalue weighted by molar-refractivity contribution is 0.660. The second-order valence-corrected chi connectivity index (χ2v) is 10.5. The van der Waals surface area contributed by atoms with Gasteiger partial charge in [0.1, 0.15) is 0 Å². The molecule has 0 aromatic heterocycles. The predicted octanol–water partition coefficient (Wildman–Crippen LogP) is 9.54. The zero-order valence-electron chi connectivity index (χ0n) is 21.2. The minimum absolute atomic E-state index is 0.0678. The average Bonchev–Trinajstić information content (AvgIpc) is 3.08. The molecule has 0 radical (unpaired) electrons. The topological polar surface area (TPSA) is 3.24 Å². The minimum atomic E-state index is -0.0678. The van der Waals surface area contributed by atoms with Crippen LogP contribution in [0.4, 0.5) is 17.1 Å². The molecule has 1 nitrogen and oxygen atoms in total. The maximum atomic E-state index is 2.45. The molecular weight excluding hydrogens is 422 g/mol. The summed E-state index contributed by atoms with van der Waals surface area (Å²) in [4.78, 5) is 2.42. The molecule has 172 valence electrons. The second kappa shape index (κ2) is 7.85. The van der Waals surface area contributed by atoms with Crippen LogP contribution in [0.1, 0.15) is 41.7 Å². The molecule has 1 aliphatic rings. The van der Waals surface area contributed by atoms with Crippen LogP contribution < -0.4 is 4.90 Å². The lowest BCUT2D eigenvalue weighted by Gasteiger charge is -2.30. The molecule has 0 heterocycles. The number of anilines is 3. The van der Waals surface area contributed by atoms with Crippen molar-refractivity contribution in [1.29, 1.82) is 0 Å². The monoisotopic (exact) mass is 453 g/mol. The summed E-state index contributed by atoms with van der Waals surface area (Å²) in [5.74, 6) is 0. The van der Waals surface area contributed by atoms with Crippen molar-refractivity contribution in [1.82, 2.24) is 0 Å². The van der Waals surface area contributed by atoms with Crippen LogP contribution in [0.25, 0.3) is 21.9 Å². The van der Waals surface area contributed by atoms with Gasteiger partial charge in [-0.1, -0.05) is 97.3 Å². The van der Waals surface area contributed by atoms with Crippen molar-refractivity contribution in [2.24, 2.45) is 0 Å². The second-order valence-electron chi connectivity index (χ2n) is 10.5. The highest BCUT2D eigenvalue weighted by molar-refractivity contribution is 6.09. The fraction of sp³-hybridized carbons (Fsp3) is 0.176. The summed E-state index contributed by atoms with van der Waals surface area (Å²) in [6.45, 7) is 11.2. The van der Waals surface area contributed by atoms with Gasteiger partial charge in [0.2, 0.25) is 0 Å². The van der Waals surface area contributed by atoms with Gasteiger partial charge in [-0.25, -0.2) is 0 Å². The third-order valence-electron chi connectivity index (χ3n) is 7.64. The number of hydrogen-bond donors (Lipinski definition) is 0. The van der Waals surface area contributed by atoms with Gasteiger partial charge in [0.25, 0.3) is 0 Å². The Morgan fingerprint density at radius 2 is 1.09 bits per heavy atom. The van der Waals surface area contributed by atoms with E-state index in [1.807, 2.05) is 0 Å². The first-order valence-electron chi connectivity index (χ1n) is 12.5. The van der Waals surface area contributed by atoms with E-state index in [9.17, 15) is 0 Å². The highest BCUT2D eigenvalue weighted by atomic mass is 15.1. The lowest BCUT2D eigenvalue weighted by atomic mass is 9.81. The molecule has 35 heavy (non-hydrogen) atoms. The molecule has 0 bridgehead atoms. The van der Waals surface area contributed by atoms with E-state index in [2.05, 4.69) is 137 Å². The highest BCUT2D eigenvalue weighted by Crippen LogP contribution is 2.54. The van der Waals surface area contributed by atoms with E-state index in [-0.39, 0.29) is 5.41 Å². The smallest absolute Gasteiger partial charge is 0.0543 e. The van der Waals surface area contributed by atoms with Crippen molar-refractivity contribution >= 4 is 27.8 Å². The summed E-state index contributed by atoms with van der Waals surface area (Å²) in [6.07, 6.45) is 0. The van der Waals surface area contributed by atoms with Gasteiger partial charge in [-0.15, -0.1) is 0 Å². The normalized spacial score (nSPS) is 13.5. The fourth-order valence-corrected chi connectivity index (χ4v) is 5.68. The number of rotatable bonds is 3. The van der Waals surface area contributed by atoms with Gasteiger partial charge in [0.05, 0.1) is 5.69 Å². The molecule has 0 atom stereocenters. The van der Waals surface area contributed by atoms with Gasteiger partial charge in [0.15, 0.2) is 0 Å². The maximum Gasteiger partial charge on any atom is 0.0543 e. The van der Waals surface area contributed by atoms with Gasteiger partial charge < -0.3 is 4.90 Å². The molecule has 1 aliphatic carbocycles. The van der Waals surface area contributed by atoms with E-state index in [1.54, 1.807) is 0 Å². The first-order valence-corrected chi connectivity index (χ1v) is 12.5. The zero-order valence-corrected chi connectivity index (χ0v) is 21.2. The van der Waals surface area contributed by atoms with Gasteiger partial charge in [-0.05, 0) is 78.7 Å². The van der Waals surface area contributed by atoms with E-state index in [0.717, 1.165) is 0 Å². The fourth-order valence-electron chi connectivity index (χ4n) is 5.68. The summed E-state index contributed by atoms with van der Waals surface area (Å²) in [7, 11) is 0. The van der Waals surface area contributed by atoms with Crippen LogP contribution in [0.15, 0.2) is 97.1 Å². The molecule has 5 aromatic carbocycles. The Morgan fingerprint density at radius 3 is 1.69 bits per heavy atom. The summed E-state index contributed by atoms with van der Waals surface area (Å²) in [6, 6.07) is 36.1. The van der Waals surface area contributed by atoms with E-state index in [1.165, 1.54) is 66.8 Å². The largest absolute Gasteiger partial charge is 0.310 e. The molecule has 0 N–H and O–H groups in total. The third kappa shape index (κ3) is 3.38. The molecule has 0 fully saturated rings. The number of aryl methyl sites for hydroxylation is 3. The van der Waals surface area contributed by atoms with Crippen LogP contribution in [0.3, 0.4) is 0 Å². The number of hydrogen-bond acceptors (Lipinski definition) is 1. The van der Waals surface area contributed by atoms with Crippen molar-refractivity contribution < 1.29 is 0 Å². The summed E-state index contributed by atoms with van der Waals surface area (Å²) >= 11 is 0. The quantitative estimate of drug-likeness (QED) is 0.263. The Bertz CT molecular complexity index is 1530. The molecule has 1 heteroatoms. The molecule has 6 rings (SSSR count). The van der Waals surface area contributed by atoms with E-state index >= 15 is 0 Å². The first kappa shape index (κ1) is 21.7. The van der Waals surface area contributed by atoms with Crippen molar-refractivity contribution in [2.75, 3.05) is 4.90 Å². The van der Waals surface area contributed by atoms with Crippen LogP contribution in [0, 0.1) is 20.8 Å². The highest BCUT2D eigenvalue weighted by Gasteiger charge is 2.37. The molecule has 0 spiro atoms. The van der Waals surface area contributed by atoms with Crippen LogP contribution in [-0.4, -0.2) is 0 Å². The van der Waals surface area contributed by atoms with Crippen LogP contribution >= 0.6 is 0 Å². The van der Waals surface area contributed by atoms with Crippen molar-refractivity contribution in [3.05, 3.63) is 125 Å². The number of fused-ring (bicyclic) bond motifs is 5. The zero-order chi connectivity index (χ0) is 24.3. The Balaban J connectivity index is 1.69. The van der Waals surface area contributed by atoms with E-state index < -0.39 is 0 Å². The van der Waals surface area contributed by atoms with Crippen LogP contribution in [0.2, 0.25) is 0 Å². The minimum Gasteiger partial charge on any atom is -0.310 e. The molecule has 0 saturated carbocycles. The lowest BCUT2D eigenvalue weighted by Crippen LogP contribution is -2.17. The van der Waals surface area contributed by atoms with Crippen LogP contribution in [-0.2, 0) is 5.41 Å². The number of benzene rings is 5. The number of nitrogens with zero attached hydrogens (tertiary/aromatic N) is 1. The van der Waals surface area contributed by atoms with E-state index in [4.69, 9.17) is 0 Å². The molecule has 5 aromatic rings. The summed E-state index contributed by atoms with van der Waals surface area (Å²) in [5, 5.41) is 2.59.